The van der Waals surface area contributed by atoms with Crippen LogP contribution in [0.2, 0.25) is 0 Å². The van der Waals surface area contributed by atoms with Crippen molar-refractivity contribution in [1.82, 2.24) is 9.97 Å². The van der Waals surface area contributed by atoms with Gasteiger partial charge < -0.3 is 4.98 Å². The van der Waals surface area contributed by atoms with Gasteiger partial charge >= 0.3 is 0 Å². The van der Waals surface area contributed by atoms with Crippen molar-refractivity contribution in [2.24, 2.45) is 5.11 Å². The lowest BCUT2D eigenvalue weighted by Gasteiger charge is -1.80. The third-order valence-corrected chi connectivity index (χ3v) is 0.839. The summed E-state index contributed by atoms with van der Waals surface area (Å²) in [6, 6.07) is 0. The van der Waals surface area contributed by atoms with Crippen molar-refractivity contribution < 1.29 is 0 Å². The molecule has 0 fully saturated rings. The smallest absolute Gasteiger partial charge is 0.111 e. The first-order valence-electron chi connectivity index (χ1n) is 2.42. The van der Waals surface area contributed by atoms with Crippen LogP contribution in [-0.4, -0.2) is 9.97 Å². The molecule has 0 aromatic carbocycles. The van der Waals surface area contributed by atoms with Crippen LogP contribution in [0.4, 0.5) is 0 Å². The average molecular weight is 123 g/mol. The first-order chi connectivity index (χ1) is 4.43. The van der Waals surface area contributed by atoms with Crippen molar-refractivity contribution in [2.45, 2.75) is 6.54 Å². The van der Waals surface area contributed by atoms with E-state index in [4.69, 9.17) is 5.53 Å². The van der Waals surface area contributed by atoms with Crippen LogP contribution in [0.3, 0.4) is 0 Å². The van der Waals surface area contributed by atoms with Crippen LogP contribution in [0.5, 0.6) is 0 Å². The van der Waals surface area contributed by atoms with Gasteiger partial charge in [-0.25, -0.2) is 4.98 Å². The Labute approximate surface area is 51.4 Å². The van der Waals surface area contributed by atoms with E-state index in [-0.39, 0.29) is 0 Å². The van der Waals surface area contributed by atoms with E-state index in [9.17, 15) is 0 Å². The maximum absolute atomic E-state index is 7.88. The summed E-state index contributed by atoms with van der Waals surface area (Å²) < 4.78 is 0. The maximum Gasteiger partial charge on any atom is 0.111 e. The lowest BCUT2D eigenvalue weighted by atomic mass is 10.6. The van der Waals surface area contributed by atoms with Crippen LogP contribution in [-0.2, 0) is 6.54 Å². The maximum atomic E-state index is 7.88. The molecule has 0 spiro atoms. The second kappa shape index (κ2) is 2.74. The highest BCUT2D eigenvalue weighted by molar-refractivity contribution is 4.85. The van der Waals surface area contributed by atoms with Gasteiger partial charge in [-0.05, 0) is 5.53 Å². The number of aromatic amines is 1. The molecule has 0 bridgehead atoms. The van der Waals surface area contributed by atoms with Crippen LogP contribution >= 0.6 is 0 Å². The van der Waals surface area contributed by atoms with Gasteiger partial charge in [0, 0.05) is 17.3 Å². The van der Waals surface area contributed by atoms with Gasteiger partial charge in [0.2, 0.25) is 0 Å². The summed E-state index contributed by atoms with van der Waals surface area (Å²) in [6.07, 6.45) is 3.30. The molecule has 5 nitrogen and oxygen atoms in total. The molecule has 0 aliphatic rings. The van der Waals surface area contributed by atoms with Gasteiger partial charge in [-0.1, -0.05) is 5.11 Å². The summed E-state index contributed by atoms with van der Waals surface area (Å²) >= 11 is 0. The molecule has 0 aliphatic heterocycles. The molecule has 5 heteroatoms. The molecule has 1 aromatic heterocycles. The molecule has 0 aliphatic carbocycles. The average Bonchev–Trinajstić information content (AvgIpc) is 2.34. The Bertz CT molecular complexity index is 207. The Hall–Kier alpha value is -1.48. The van der Waals surface area contributed by atoms with Gasteiger partial charge in [0.25, 0.3) is 0 Å². The Balaban J connectivity index is 2.57. The fourth-order valence-electron chi connectivity index (χ4n) is 0.483. The largest absolute Gasteiger partial charge is 0.348 e. The van der Waals surface area contributed by atoms with Crippen molar-refractivity contribution in [2.75, 3.05) is 0 Å². The Morgan fingerprint density at radius 3 is 3.33 bits per heavy atom. The molecule has 1 aromatic rings. The zero-order valence-electron chi connectivity index (χ0n) is 4.65. The Morgan fingerprint density at radius 2 is 2.78 bits per heavy atom. The number of nitrogens with zero attached hydrogens (tertiary/aromatic N) is 4. The summed E-state index contributed by atoms with van der Waals surface area (Å²) in [6.45, 7) is 0.295. The van der Waals surface area contributed by atoms with Gasteiger partial charge in [-0.15, -0.1) is 0 Å². The van der Waals surface area contributed by atoms with Crippen molar-refractivity contribution in [3.05, 3.63) is 28.7 Å². The summed E-state index contributed by atoms with van der Waals surface area (Å²) in [7, 11) is 0. The molecule has 1 N–H and O–H groups in total. The highest BCUT2D eigenvalue weighted by Crippen LogP contribution is 1.89. The zero-order chi connectivity index (χ0) is 6.53. The van der Waals surface area contributed by atoms with Crippen molar-refractivity contribution in [1.29, 1.82) is 0 Å². The Morgan fingerprint density at radius 1 is 1.89 bits per heavy atom. The van der Waals surface area contributed by atoms with Crippen molar-refractivity contribution in [3.63, 3.8) is 0 Å². The summed E-state index contributed by atoms with van der Waals surface area (Å²) in [4.78, 5) is 9.20. The fraction of sp³-hybridized carbons (Fsp3) is 0.250. The van der Waals surface area contributed by atoms with Crippen LogP contribution in [0.1, 0.15) is 5.82 Å². The normalized spacial score (nSPS) is 8.44. The molecule has 9 heavy (non-hydrogen) atoms. The van der Waals surface area contributed by atoms with E-state index in [1.54, 1.807) is 12.4 Å². The van der Waals surface area contributed by atoms with Crippen LogP contribution < -0.4 is 0 Å². The van der Waals surface area contributed by atoms with Crippen LogP contribution in [0.15, 0.2) is 17.5 Å². The second-order valence-electron chi connectivity index (χ2n) is 1.42. The van der Waals surface area contributed by atoms with E-state index in [1.807, 2.05) is 0 Å². The molecule has 0 saturated heterocycles. The van der Waals surface area contributed by atoms with E-state index in [1.165, 1.54) is 0 Å². The van der Waals surface area contributed by atoms with Gasteiger partial charge in [0.1, 0.15) is 5.82 Å². The lowest BCUT2D eigenvalue weighted by molar-refractivity contribution is 0.938. The number of nitrogens with one attached hydrogen (secondary N) is 1. The molecule has 0 atom stereocenters. The first-order valence-corrected chi connectivity index (χ1v) is 2.42. The summed E-state index contributed by atoms with van der Waals surface area (Å²) in [5.74, 6) is 0.688. The molecular weight excluding hydrogens is 118 g/mol. The molecule has 0 unspecified atom stereocenters. The SMILES string of the molecule is [N-]=[N+]=NCc1ncc[nH]1. The Kier molecular flexibility index (Phi) is 1.72. The molecule has 1 rings (SSSR count). The summed E-state index contributed by atoms with van der Waals surface area (Å²) in [5.41, 5.74) is 7.88. The van der Waals surface area contributed by atoms with Gasteiger partial charge in [0.05, 0.1) is 6.54 Å². The van der Waals surface area contributed by atoms with Crippen LogP contribution in [0, 0.1) is 0 Å². The van der Waals surface area contributed by atoms with Crippen molar-refractivity contribution >= 4 is 0 Å². The van der Waals surface area contributed by atoms with E-state index < -0.39 is 0 Å². The molecule has 46 valence electrons. The quantitative estimate of drug-likeness (QED) is 0.358. The lowest BCUT2D eigenvalue weighted by Crippen LogP contribution is -1.80. The second-order valence-corrected chi connectivity index (χ2v) is 1.42. The third-order valence-electron chi connectivity index (χ3n) is 0.839. The van der Waals surface area contributed by atoms with E-state index in [2.05, 4.69) is 20.0 Å². The number of hydrogen-bond acceptors (Lipinski definition) is 2. The minimum atomic E-state index is 0.295. The highest BCUT2D eigenvalue weighted by atomic mass is 15.1. The number of hydrogen-bond donors (Lipinski definition) is 1. The van der Waals surface area contributed by atoms with E-state index >= 15 is 0 Å². The first kappa shape index (κ1) is 5.65. The van der Waals surface area contributed by atoms with Crippen molar-refractivity contribution in [3.8, 4) is 0 Å². The monoisotopic (exact) mass is 123 g/mol. The summed E-state index contributed by atoms with van der Waals surface area (Å²) in [5, 5.41) is 3.30. The molecule has 0 radical (unpaired) electrons. The number of imidazole rings is 1. The van der Waals surface area contributed by atoms with E-state index in [0.717, 1.165) is 0 Å². The molecule has 0 saturated carbocycles. The topological polar surface area (TPSA) is 77.4 Å². The number of azide groups is 1. The minimum Gasteiger partial charge on any atom is -0.348 e. The fourth-order valence-corrected chi connectivity index (χ4v) is 0.483. The highest BCUT2D eigenvalue weighted by Gasteiger charge is 1.87. The number of H-pyrrole nitrogens is 1. The predicted octanol–water partition coefficient (Wildman–Crippen LogP) is 1.22. The molecular formula is C4H5N5. The minimum absolute atomic E-state index is 0.295. The zero-order valence-corrected chi connectivity index (χ0v) is 4.65. The number of rotatable bonds is 2. The predicted molar refractivity (Wildman–Crippen MR) is 31.4 cm³/mol. The van der Waals surface area contributed by atoms with Crippen LogP contribution in [0.25, 0.3) is 10.4 Å². The van der Waals surface area contributed by atoms with Gasteiger partial charge in [-0.2, -0.15) is 0 Å². The third kappa shape index (κ3) is 1.47. The number of aromatic nitrogens is 2. The van der Waals surface area contributed by atoms with E-state index in [0.29, 0.717) is 12.4 Å². The molecule has 1 heterocycles. The van der Waals surface area contributed by atoms with Gasteiger partial charge in [-0.3, -0.25) is 0 Å². The van der Waals surface area contributed by atoms with Gasteiger partial charge in [0.15, 0.2) is 0 Å². The standard InChI is InChI=1S/C4H5N5/c5-9-8-3-4-6-1-2-7-4/h1-2H,3H2,(H,6,7). The molecule has 0 amide bonds.